The third-order valence-corrected chi connectivity index (χ3v) is 6.85. The van der Waals surface area contributed by atoms with Crippen LogP contribution >= 0.6 is 11.6 Å². The maximum absolute atomic E-state index is 14.9. The van der Waals surface area contributed by atoms with Crippen LogP contribution < -0.4 is 10.1 Å². The molecule has 3 aliphatic rings. The van der Waals surface area contributed by atoms with E-state index in [-0.39, 0.29) is 35.3 Å². The predicted octanol–water partition coefficient (Wildman–Crippen LogP) is 4.18. The van der Waals surface area contributed by atoms with Crippen LogP contribution in [0.3, 0.4) is 0 Å². The number of hydrogen-bond donors (Lipinski definition) is 1. The minimum Gasteiger partial charge on any atom is -0.472 e. The van der Waals surface area contributed by atoms with Gasteiger partial charge in [-0.1, -0.05) is 18.0 Å². The summed E-state index contributed by atoms with van der Waals surface area (Å²) in [7, 11) is 0. The van der Waals surface area contributed by atoms with Crippen molar-refractivity contribution < 1.29 is 18.7 Å². The Bertz CT molecular complexity index is 1190. The molecule has 0 bridgehead atoms. The van der Waals surface area contributed by atoms with Gasteiger partial charge in [-0.05, 0) is 42.7 Å². The van der Waals surface area contributed by atoms with Gasteiger partial charge in [0.05, 0.1) is 12.2 Å². The van der Waals surface area contributed by atoms with E-state index >= 15 is 0 Å². The van der Waals surface area contributed by atoms with Gasteiger partial charge in [-0.15, -0.1) is 0 Å². The van der Waals surface area contributed by atoms with Gasteiger partial charge in [0.1, 0.15) is 23.5 Å². The molecular formula is C25H24ClFN4O3. The van der Waals surface area contributed by atoms with Crippen LogP contribution in [0.15, 0.2) is 52.3 Å². The fourth-order valence-electron chi connectivity index (χ4n) is 4.30. The number of rotatable bonds is 6. The molecule has 1 N–H and O–H groups in total. The Hall–Kier alpha value is -3.26. The number of likely N-dealkylation sites (tertiary alicyclic amines) is 1. The van der Waals surface area contributed by atoms with Crippen molar-refractivity contribution >= 4 is 35.2 Å². The number of pyridine rings is 1. The first-order valence-corrected chi connectivity index (χ1v) is 11.8. The van der Waals surface area contributed by atoms with Crippen molar-refractivity contribution in [2.75, 3.05) is 25.0 Å². The van der Waals surface area contributed by atoms with Crippen LogP contribution in [0.5, 0.6) is 5.88 Å². The van der Waals surface area contributed by atoms with Gasteiger partial charge in [-0.25, -0.2) is 9.37 Å². The molecule has 0 unspecified atom stereocenters. The third-order valence-electron chi connectivity index (χ3n) is 6.45. The van der Waals surface area contributed by atoms with Crippen molar-refractivity contribution in [3.05, 3.63) is 53.1 Å². The lowest BCUT2D eigenvalue weighted by molar-refractivity contribution is -0.122. The summed E-state index contributed by atoms with van der Waals surface area (Å²) >= 11 is 6.17. The van der Waals surface area contributed by atoms with Crippen molar-refractivity contribution in [1.29, 1.82) is 0 Å². The zero-order valence-electron chi connectivity index (χ0n) is 18.5. The molecule has 7 nitrogen and oxygen atoms in total. The summed E-state index contributed by atoms with van der Waals surface area (Å²) in [5.41, 5.74) is 2.10. The van der Waals surface area contributed by atoms with E-state index in [1.807, 2.05) is 4.90 Å². The summed E-state index contributed by atoms with van der Waals surface area (Å²) in [6.45, 7) is 1.30. The first-order valence-electron chi connectivity index (χ1n) is 11.4. The van der Waals surface area contributed by atoms with Gasteiger partial charge >= 0.3 is 0 Å². The van der Waals surface area contributed by atoms with Gasteiger partial charge in [0.2, 0.25) is 11.8 Å². The largest absolute Gasteiger partial charge is 0.472 e. The molecule has 176 valence electrons. The van der Waals surface area contributed by atoms with Crippen LogP contribution in [0.25, 0.3) is 11.1 Å². The van der Waals surface area contributed by atoms with Gasteiger partial charge in [0, 0.05) is 48.6 Å². The quantitative estimate of drug-likeness (QED) is 0.667. The van der Waals surface area contributed by atoms with E-state index in [0.717, 1.165) is 25.7 Å². The Morgan fingerprint density at radius 2 is 2.06 bits per heavy atom. The van der Waals surface area contributed by atoms with E-state index in [4.69, 9.17) is 16.3 Å². The number of amides is 1. The predicted molar refractivity (Wildman–Crippen MR) is 127 cm³/mol. The van der Waals surface area contributed by atoms with Crippen molar-refractivity contribution in [2.24, 2.45) is 10.9 Å². The van der Waals surface area contributed by atoms with Crippen molar-refractivity contribution in [3.8, 4) is 17.0 Å². The number of ether oxygens (including phenoxy) is 1. The Labute approximate surface area is 201 Å². The van der Waals surface area contributed by atoms with Crippen LogP contribution in [0.1, 0.15) is 25.7 Å². The molecule has 9 heteroatoms. The number of nitrogens with one attached hydrogen (secondary N) is 1. The fraction of sp³-hybridized carbons (Fsp3) is 0.360. The Balaban J connectivity index is 1.25. The van der Waals surface area contributed by atoms with Gasteiger partial charge in [-0.3, -0.25) is 14.6 Å². The summed E-state index contributed by atoms with van der Waals surface area (Å²) < 4.78 is 20.9. The number of carbonyl (C=O) groups excluding carboxylic acids is 2. The molecule has 1 aromatic carbocycles. The Morgan fingerprint density at radius 1 is 1.21 bits per heavy atom. The lowest BCUT2D eigenvalue weighted by Gasteiger charge is -2.24. The van der Waals surface area contributed by atoms with Gasteiger partial charge in [-0.2, -0.15) is 0 Å². The molecule has 0 radical (unpaired) electrons. The summed E-state index contributed by atoms with van der Waals surface area (Å²) in [6.07, 6.45) is 6.63. The minimum absolute atomic E-state index is 0.0346. The first-order chi connectivity index (χ1) is 16.5. The van der Waals surface area contributed by atoms with Crippen molar-refractivity contribution in [3.63, 3.8) is 0 Å². The standard InChI is InChI=1S/C25H24ClFN4O3/c26-24-21(12-28-13-22(24)32)31-9-7-18(14-31)34-23-10-16(6-8-29-23)19-5-4-17(11-20(19)27)30-25(33)15-2-1-3-15/h4-6,8,10-12,15,18H,1-3,7,9,13-14H2,(H,30,33)/t18-/m1/s1. The molecular weight excluding hydrogens is 459 g/mol. The van der Waals surface area contributed by atoms with Crippen LogP contribution in [0.2, 0.25) is 0 Å². The van der Waals surface area contributed by atoms with Crippen molar-refractivity contribution in [1.82, 2.24) is 9.88 Å². The van der Waals surface area contributed by atoms with Crippen LogP contribution in [0.4, 0.5) is 10.1 Å². The number of hydrogen-bond acceptors (Lipinski definition) is 6. The molecule has 1 aromatic heterocycles. The fourth-order valence-corrected chi connectivity index (χ4v) is 4.53. The molecule has 34 heavy (non-hydrogen) atoms. The second-order valence-electron chi connectivity index (χ2n) is 8.76. The SMILES string of the molecule is O=C1CN=CC(N2CC[C@@H](Oc3cc(-c4ccc(NC(=O)C5CCC5)cc4F)ccn3)C2)=C1Cl. The number of aromatic nitrogens is 1. The topological polar surface area (TPSA) is 83.9 Å². The average Bonchev–Trinajstić information content (AvgIpc) is 3.23. The normalized spacial score (nSPS) is 20.5. The molecule has 1 saturated carbocycles. The highest BCUT2D eigenvalue weighted by molar-refractivity contribution is 6.44. The van der Waals surface area contributed by atoms with Crippen LogP contribution in [0, 0.1) is 11.7 Å². The van der Waals surface area contributed by atoms with E-state index in [9.17, 15) is 14.0 Å². The number of anilines is 1. The Morgan fingerprint density at radius 3 is 2.82 bits per heavy atom. The number of allylic oxidation sites excluding steroid dienone is 1. The van der Waals surface area contributed by atoms with E-state index in [1.165, 1.54) is 6.07 Å². The number of carbonyl (C=O) groups is 2. The van der Waals surface area contributed by atoms with Crippen molar-refractivity contribution in [2.45, 2.75) is 31.8 Å². The molecule has 2 fully saturated rings. The first kappa shape index (κ1) is 22.5. The molecule has 2 aromatic rings. The monoisotopic (exact) mass is 482 g/mol. The summed E-state index contributed by atoms with van der Waals surface area (Å²) in [6, 6.07) is 8.11. The number of benzene rings is 1. The maximum atomic E-state index is 14.9. The number of dihydropyridines is 1. The van der Waals surface area contributed by atoms with E-state index in [1.54, 1.807) is 36.7 Å². The van der Waals surface area contributed by atoms with Crippen LogP contribution in [-0.2, 0) is 9.59 Å². The molecule has 0 spiro atoms. The third kappa shape index (κ3) is 4.68. The summed E-state index contributed by atoms with van der Waals surface area (Å²) in [4.78, 5) is 34.3. The average molecular weight is 483 g/mol. The Kier molecular flexibility index (Phi) is 6.32. The minimum atomic E-state index is -0.432. The smallest absolute Gasteiger partial charge is 0.227 e. The number of ketones is 1. The zero-order valence-corrected chi connectivity index (χ0v) is 19.2. The second kappa shape index (κ2) is 9.54. The molecule has 1 saturated heterocycles. The van der Waals surface area contributed by atoms with Gasteiger partial charge in [0.25, 0.3) is 0 Å². The van der Waals surface area contributed by atoms with E-state index in [0.29, 0.717) is 41.5 Å². The molecule has 5 rings (SSSR count). The molecule has 1 amide bonds. The highest BCUT2D eigenvalue weighted by Crippen LogP contribution is 2.31. The van der Waals surface area contributed by atoms with E-state index in [2.05, 4.69) is 15.3 Å². The maximum Gasteiger partial charge on any atom is 0.227 e. The summed E-state index contributed by atoms with van der Waals surface area (Å²) in [5.74, 6) is -0.247. The van der Waals surface area contributed by atoms with Gasteiger partial charge in [0.15, 0.2) is 5.78 Å². The lowest BCUT2D eigenvalue weighted by Crippen LogP contribution is -2.28. The highest BCUT2D eigenvalue weighted by Gasteiger charge is 2.29. The molecule has 1 aliphatic carbocycles. The highest BCUT2D eigenvalue weighted by atomic mass is 35.5. The number of halogens is 2. The lowest BCUT2D eigenvalue weighted by atomic mass is 9.85. The number of Topliss-reactive ketones (excluding diaryl/α,β-unsaturated/α-hetero) is 1. The van der Waals surface area contributed by atoms with E-state index < -0.39 is 5.82 Å². The molecule has 3 heterocycles. The van der Waals surface area contributed by atoms with Gasteiger partial charge < -0.3 is 15.0 Å². The second-order valence-corrected chi connectivity index (χ2v) is 9.14. The number of aliphatic imine (C=N–C) groups is 1. The summed E-state index contributed by atoms with van der Waals surface area (Å²) in [5, 5.41) is 3.00. The molecule has 1 atom stereocenters. The molecule has 2 aliphatic heterocycles. The zero-order chi connectivity index (χ0) is 23.7. The van der Waals surface area contributed by atoms with Crippen LogP contribution in [-0.4, -0.2) is 53.5 Å². The number of nitrogens with zero attached hydrogens (tertiary/aromatic N) is 3.